The summed E-state index contributed by atoms with van der Waals surface area (Å²) in [5.41, 5.74) is 2.55. The number of benzene rings is 3. The van der Waals surface area contributed by atoms with Gasteiger partial charge in [-0.25, -0.2) is 4.79 Å². The first-order chi connectivity index (χ1) is 13.6. The maximum absolute atomic E-state index is 12.9. The fourth-order valence-electron chi connectivity index (χ4n) is 2.73. The van der Waals surface area contributed by atoms with Crippen LogP contribution in [0.3, 0.4) is 0 Å². The molecule has 0 saturated heterocycles. The zero-order valence-electron chi connectivity index (χ0n) is 15.7. The van der Waals surface area contributed by atoms with Crippen molar-refractivity contribution < 1.29 is 19.1 Å². The van der Waals surface area contributed by atoms with Crippen LogP contribution in [0, 0.1) is 6.92 Å². The first kappa shape index (κ1) is 19.2. The van der Waals surface area contributed by atoms with E-state index >= 15 is 0 Å². The summed E-state index contributed by atoms with van der Waals surface area (Å²) in [5, 5.41) is 2.81. The van der Waals surface area contributed by atoms with Crippen molar-refractivity contribution in [2.45, 2.75) is 13.0 Å². The highest BCUT2D eigenvalue weighted by molar-refractivity contribution is 5.99. The van der Waals surface area contributed by atoms with Crippen LogP contribution in [0.25, 0.3) is 0 Å². The van der Waals surface area contributed by atoms with Crippen LogP contribution in [-0.2, 0) is 9.53 Å². The number of anilines is 1. The van der Waals surface area contributed by atoms with Crippen LogP contribution in [0.1, 0.15) is 27.6 Å². The number of carbonyl (C=O) groups is 2. The van der Waals surface area contributed by atoms with Crippen molar-refractivity contribution >= 4 is 17.6 Å². The molecule has 5 heteroatoms. The maximum atomic E-state index is 12.9. The summed E-state index contributed by atoms with van der Waals surface area (Å²) in [6.45, 7) is 1.97. The Morgan fingerprint density at radius 1 is 0.857 bits per heavy atom. The molecule has 0 aromatic heterocycles. The fraction of sp³-hybridized carbons (Fsp3) is 0.130. The molecule has 0 heterocycles. The predicted molar refractivity (Wildman–Crippen MR) is 107 cm³/mol. The van der Waals surface area contributed by atoms with E-state index in [1.54, 1.807) is 60.7 Å². The van der Waals surface area contributed by atoms with Crippen LogP contribution in [0.15, 0.2) is 78.9 Å². The average Bonchev–Trinajstić information content (AvgIpc) is 2.74. The number of aryl methyl sites for hydroxylation is 1. The molecule has 0 radical (unpaired) electrons. The summed E-state index contributed by atoms with van der Waals surface area (Å²) in [6, 6.07) is 23.0. The molecule has 0 saturated carbocycles. The third-order valence-corrected chi connectivity index (χ3v) is 4.21. The van der Waals surface area contributed by atoms with Crippen molar-refractivity contribution in [2.24, 2.45) is 0 Å². The Morgan fingerprint density at radius 3 is 2.18 bits per heavy atom. The van der Waals surface area contributed by atoms with E-state index in [4.69, 9.17) is 9.47 Å². The second-order valence-corrected chi connectivity index (χ2v) is 6.25. The van der Waals surface area contributed by atoms with Gasteiger partial charge >= 0.3 is 5.97 Å². The highest BCUT2D eigenvalue weighted by atomic mass is 16.5. The third-order valence-electron chi connectivity index (χ3n) is 4.21. The molecule has 3 rings (SSSR count). The number of hydrogen-bond acceptors (Lipinski definition) is 4. The molecule has 0 unspecified atom stereocenters. The first-order valence-electron chi connectivity index (χ1n) is 8.85. The molecule has 5 nitrogen and oxygen atoms in total. The van der Waals surface area contributed by atoms with E-state index in [1.807, 2.05) is 25.1 Å². The van der Waals surface area contributed by atoms with E-state index in [-0.39, 0.29) is 5.56 Å². The van der Waals surface area contributed by atoms with Gasteiger partial charge in [0, 0.05) is 11.3 Å². The van der Waals surface area contributed by atoms with Gasteiger partial charge in [0.15, 0.2) is 0 Å². The Hall–Kier alpha value is -3.60. The van der Waals surface area contributed by atoms with Gasteiger partial charge in [-0.05, 0) is 31.2 Å². The zero-order valence-corrected chi connectivity index (χ0v) is 15.7. The number of methoxy groups -OCH3 is 1. The summed E-state index contributed by atoms with van der Waals surface area (Å²) in [4.78, 5) is 25.6. The molecule has 1 amide bonds. The van der Waals surface area contributed by atoms with Gasteiger partial charge in [-0.15, -0.1) is 0 Å². The van der Waals surface area contributed by atoms with E-state index < -0.39 is 18.0 Å². The van der Waals surface area contributed by atoms with Crippen molar-refractivity contribution in [1.29, 1.82) is 0 Å². The molecule has 0 aliphatic heterocycles. The van der Waals surface area contributed by atoms with Gasteiger partial charge in [0.05, 0.1) is 7.11 Å². The van der Waals surface area contributed by atoms with Gasteiger partial charge < -0.3 is 14.8 Å². The summed E-state index contributed by atoms with van der Waals surface area (Å²) >= 11 is 0. The minimum Gasteiger partial charge on any atom is -0.496 e. The topological polar surface area (TPSA) is 64.6 Å². The lowest BCUT2D eigenvalue weighted by atomic mass is 10.1. The smallest absolute Gasteiger partial charge is 0.343 e. The Labute approximate surface area is 163 Å². The minimum absolute atomic E-state index is 0.258. The highest BCUT2D eigenvalue weighted by Gasteiger charge is 2.27. The van der Waals surface area contributed by atoms with Crippen molar-refractivity contribution in [2.75, 3.05) is 12.4 Å². The Kier molecular flexibility index (Phi) is 6.07. The number of carbonyl (C=O) groups excluding carboxylic acids is 2. The fourth-order valence-corrected chi connectivity index (χ4v) is 2.73. The Morgan fingerprint density at radius 2 is 1.50 bits per heavy atom. The van der Waals surface area contributed by atoms with Gasteiger partial charge in [0.2, 0.25) is 6.10 Å². The Bertz CT molecular complexity index is 952. The van der Waals surface area contributed by atoms with E-state index in [0.717, 1.165) is 5.56 Å². The molecule has 3 aromatic carbocycles. The molecule has 1 atom stereocenters. The molecule has 0 aliphatic carbocycles. The number of para-hydroxylation sites is 1. The first-order valence-corrected chi connectivity index (χ1v) is 8.85. The number of amides is 1. The summed E-state index contributed by atoms with van der Waals surface area (Å²) in [5.74, 6) is -0.679. The van der Waals surface area contributed by atoms with E-state index in [9.17, 15) is 9.59 Å². The molecule has 0 bridgehead atoms. The lowest BCUT2D eigenvalue weighted by Crippen LogP contribution is -2.26. The normalized spacial score (nSPS) is 11.4. The van der Waals surface area contributed by atoms with Crippen molar-refractivity contribution in [3.05, 3.63) is 95.6 Å². The van der Waals surface area contributed by atoms with Crippen molar-refractivity contribution in [1.82, 2.24) is 0 Å². The lowest BCUT2D eigenvalue weighted by Gasteiger charge is -2.19. The van der Waals surface area contributed by atoms with Crippen LogP contribution in [0.2, 0.25) is 0 Å². The van der Waals surface area contributed by atoms with Gasteiger partial charge in [-0.3, -0.25) is 4.79 Å². The standard InChI is InChI=1S/C23H21NO4/c1-16-12-14-18(15-13-16)24-22(25)21(17-8-4-3-5-9-17)28-23(26)19-10-6-7-11-20(19)27-2/h3-15,21H,1-2H3,(H,24,25)/t21-/m0/s1. The number of nitrogens with one attached hydrogen (secondary N) is 1. The lowest BCUT2D eigenvalue weighted by molar-refractivity contribution is -0.125. The van der Waals surface area contributed by atoms with Crippen molar-refractivity contribution in [3.8, 4) is 5.75 Å². The van der Waals surface area contributed by atoms with Crippen LogP contribution >= 0.6 is 0 Å². The number of hydrogen-bond donors (Lipinski definition) is 1. The molecule has 28 heavy (non-hydrogen) atoms. The molecule has 3 aromatic rings. The van der Waals surface area contributed by atoms with Gasteiger partial charge in [-0.1, -0.05) is 60.2 Å². The molecular weight excluding hydrogens is 354 g/mol. The maximum Gasteiger partial charge on any atom is 0.343 e. The summed E-state index contributed by atoms with van der Waals surface area (Å²) in [7, 11) is 1.48. The molecule has 142 valence electrons. The van der Waals surface area contributed by atoms with Crippen LogP contribution < -0.4 is 10.1 Å². The largest absolute Gasteiger partial charge is 0.496 e. The van der Waals surface area contributed by atoms with Crippen LogP contribution in [0.5, 0.6) is 5.75 Å². The van der Waals surface area contributed by atoms with Gasteiger partial charge in [0.25, 0.3) is 5.91 Å². The molecule has 0 aliphatic rings. The van der Waals surface area contributed by atoms with E-state index in [1.165, 1.54) is 7.11 Å². The predicted octanol–water partition coefficient (Wildman–Crippen LogP) is 4.54. The molecule has 0 spiro atoms. The SMILES string of the molecule is COc1ccccc1C(=O)O[C@H](C(=O)Nc1ccc(C)cc1)c1ccccc1. The van der Waals surface area contributed by atoms with Gasteiger partial charge in [0.1, 0.15) is 11.3 Å². The molecular formula is C23H21NO4. The van der Waals surface area contributed by atoms with E-state index in [2.05, 4.69) is 5.32 Å². The second kappa shape index (κ2) is 8.86. The quantitative estimate of drug-likeness (QED) is 0.643. The number of ether oxygens (including phenoxy) is 2. The monoisotopic (exact) mass is 375 g/mol. The molecule has 0 fully saturated rings. The number of esters is 1. The van der Waals surface area contributed by atoms with Crippen LogP contribution in [0.4, 0.5) is 5.69 Å². The second-order valence-electron chi connectivity index (χ2n) is 6.25. The summed E-state index contributed by atoms with van der Waals surface area (Å²) in [6.07, 6.45) is -1.10. The number of rotatable bonds is 6. The van der Waals surface area contributed by atoms with Gasteiger partial charge in [-0.2, -0.15) is 0 Å². The van der Waals surface area contributed by atoms with E-state index in [0.29, 0.717) is 17.0 Å². The molecule has 1 N–H and O–H groups in total. The zero-order chi connectivity index (χ0) is 19.9. The minimum atomic E-state index is -1.10. The van der Waals surface area contributed by atoms with Crippen LogP contribution in [-0.4, -0.2) is 19.0 Å². The third kappa shape index (κ3) is 4.57. The highest BCUT2D eigenvalue weighted by Crippen LogP contribution is 2.25. The Balaban J connectivity index is 1.86. The average molecular weight is 375 g/mol. The van der Waals surface area contributed by atoms with Crippen molar-refractivity contribution in [3.63, 3.8) is 0 Å². The summed E-state index contributed by atoms with van der Waals surface area (Å²) < 4.78 is 10.8.